The van der Waals surface area contributed by atoms with Crippen LogP contribution in [-0.2, 0) is 0 Å². The van der Waals surface area contributed by atoms with E-state index in [0.29, 0.717) is 17.1 Å². The molecule has 4 N–H and O–H groups in total. The molecule has 0 atom stereocenters. The first-order valence-electron chi connectivity index (χ1n) is 6.91. The lowest BCUT2D eigenvalue weighted by atomic mass is 10.1. The molecule has 3 aromatic heterocycles. The number of anilines is 1. The lowest BCUT2D eigenvalue weighted by Gasteiger charge is -2.04. The average Bonchev–Trinajstić information content (AvgIpc) is 3.02. The number of H-pyrrole nitrogens is 2. The SMILES string of the molecule is Cc1ccc2nc(-c3c(N)c4c(C)csc4[nH]c3=O)[nH]c2c1. The Bertz CT molecular complexity index is 1090. The number of thiophene rings is 1. The number of nitrogens with one attached hydrogen (secondary N) is 2. The molecule has 0 aliphatic heterocycles. The van der Waals surface area contributed by atoms with Gasteiger partial charge in [-0.2, -0.15) is 0 Å². The van der Waals surface area contributed by atoms with E-state index < -0.39 is 0 Å². The van der Waals surface area contributed by atoms with Gasteiger partial charge in [-0.25, -0.2) is 4.98 Å². The van der Waals surface area contributed by atoms with Crippen LogP contribution in [0.2, 0.25) is 0 Å². The van der Waals surface area contributed by atoms with E-state index in [4.69, 9.17) is 5.73 Å². The Morgan fingerprint density at radius 3 is 2.86 bits per heavy atom. The Morgan fingerprint density at radius 2 is 2.05 bits per heavy atom. The van der Waals surface area contributed by atoms with Gasteiger partial charge in [-0.3, -0.25) is 4.79 Å². The van der Waals surface area contributed by atoms with E-state index in [9.17, 15) is 4.79 Å². The Kier molecular flexibility index (Phi) is 2.65. The maximum absolute atomic E-state index is 12.4. The molecule has 3 heterocycles. The van der Waals surface area contributed by atoms with Crippen LogP contribution in [0.4, 0.5) is 5.69 Å². The molecule has 0 saturated heterocycles. The third kappa shape index (κ3) is 1.77. The van der Waals surface area contributed by atoms with Crippen LogP contribution < -0.4 is 11.3 Å². The van der Waals surface area contributed by atoms with E-state index >= 15 is 0 Å². The molecule has 6 heteroatoms. The number of hydrogen-bond acceptors (Lipinski definition) is 4. The molecular weight excluding hydrogens is 296 g/mol. The highest BCUT2D eigenvalue weighted by molar-refractivity contribution is 7.17. The zero-order valence-corrected chi connectivity index (χ0v) is 13.0. The topological polar surface area (TPSA) is 87.6 Å². The number of hydrogen-bond donors (Lipinski definition) is 3. The molecule has 1 aromatic carbocycles. The number of nitrogens with two attached hydrogens (primary N) is 1. The number of nitrogen functional groups attached to an aromatic ring is 1. The summed E-state index contributed by atoms with van der Waals surface area (Å²) in [5.74, 6) is 0.506. The third-order valence-corrected chi connectivity index (χ3v) is 4.86. The first-order chi connectivity index (χ1) is 10.5. The molecule has 0 bridgehead atoms. The van der Waals surface area contributed by atoms with Crippen molar-refractivity contribution in [3.63, 3.8) is 0 Å². The molecule has 0 fully saturated rings. The minimum absolute atomic E-state index is 0.220. The van der Waals surface area contributed by atoms with Gasteiger partial charge in [0.1, 0.15) is 16.2 Å². The van der Waals surface area contributed by atoms with Crippen molar-refractivity contribution < 1.29 is 0 Å². The minimum atomic E-state index is -0.220. The lowest BCUT2D eigenvalue weighted by Crippen LogP contribution is -2.12. The summed E-state index contributed by atoms with van der Waals surface area (Å²) in [4.78, 5) is 23.8. The zero-order valence-electron chi connectivity index (χ0n) is 12.2. The Morgan fingerprint density at radius 1 is 1.23 bits per heavy atom. The number of benzene rings is 1. The van der Waals surface area contributed by atoms with Crippen LogP contribution in [-0.4, -0.2) is 15.0 Å². The Balaban J connectivity index is 2.07. The van der Waals surface area contributed by atoms with Crippen molar-refractivity contribution in [2.24, 2.45) is 0 Å². The van der Waals surface area contributed by atoms with E-state index in [1.54, 1.807) is 0 Å². The predicted octanol–water partition coefficient (Wildman–Crippen LogP) is 3.33. The average molecular weight is 310 g/mol. The van der Waals surface area contributed by atoms with Crippen LogP contribution in [0.25, 0.3) is 32.6 Å². The van der Waals surface area contributed by atoms with Gasteiger partial charge in [-0.05, 0) is 42.5 Å². The fourth-order valence-electron chi connectivity index (χ4n) is 2.76. The molecule has 0 unspecified atom stereocenters. The number of aromatic amines is 2. The monoisotopic (exact) mass is 310 g/mol. The number of nitrogens with zero attached hydrogens (tertiary/aromatic N) is 1. The summed E-state index contributed by atoms with van der Waals surface area (Å²) in [6.07, 6.45) is 0. The fraction of sp³-hybridized carbons (Fsp3) is 0.125. The van der Waals surface area contributed by atoms with Crippen molar-refractivity contribution in [1.29, 1.82) is 0 Å². The van der Waals surface area contributed by atoms with Gasteiger partial charge in [0.25, 0.3) is 5.56 Å². The standard InChI is InChI=1S/C16H14N4OS/c1-7-3-4-9-10(5-7)19-14(18-9)12-13(17)11-8(2)6-22-16(11)20-15(12)21/h3-6H,1-2H3,(H,18,19)(H3,17,20,21). The maximum atomic E-state index is 12.4. The third-order valence-electron chi connectivity index (χ3n) is 3.84. The second kappa shape index (κ2) is 4.45. The largest absolute Gasteiger partial charge is 0.397 e. The molecule has 0 spiro atoms. The minimum Gasteiger partial charge on any atom is -0.397 e. The smallest absolute Gasteiger partial charge is 0.262 e. The molecule has 0 amide bonds. The lowest BCUT2D eigenvalue weighted by molar-refractivity contribution is 1.26. The van der Waals surface area contributed by atoms with E-state index in [0.717, 1.165) is 32.4 Å². The van der Waals surface area contributed by atoms with Crippen molar-refractivity contribution in [3.8, 4) is 11.4 Å². The maximum Gasteiger partial charge on any atom is 0.262 e. The molecular formula is C16H14N4OS. The van der Waals surface area contributed by atoms with E-state index in [1.165, 1.54) is 11.3 Å². The number of rotatable bonds is 1. The van der Waals surface area contributed by atoms with Gasteiger partial charge in [0.15, 0.2) is 0 Å². The van der Waals surface area contributed by atoms with Gasteiger partial charge in [0.2, 0.25) is 0 Å². The van der Waals surface area contributed by atoms with Crippen molar-refractivity contribution in [2.75, 3.05) is 5.73 Å². The summed E-state index contributed by atoms with van der Waals surface area (Å²) in [5.41, 5.74) is 10.9. The molecule has 4 rings (SSSR count). The van der Waals surface area contributed by atoms with Crippen molar-refractivity contribution in [2.45, 2.75) is 13.8 Å². The molecule has 0 radical (unpaired) electrons. The molecule has 4 aromatic rings. The summed E-state index contributed by atoms with van der Waals surface area (Å²) in [7, 11) is 0. The van der Waals surface area contributed by atoms with Crippen LogP contribution in [0.3, 0.4) is 0 Å². The first-order valence-corrected chi connectivity index (χ1v) is 7.79. The van der Waals surface area contributed by atoms with Crippen LogP contribution in [0.5, 0.6) is 0 Å². The zero-order chi connectivity index (χ0) is 15.4. The molecule has 5 nitrogen and oxygen atoms in total. The summed E-state index contributed by atoms with van der Waals surface area (Å²) in [5, 5.41) is 2.89. The number of imidazole rings is 1. The van der Waals surface area contributed by atoms with Gasteiger partial charge in [0.05, 0.1) is 16.7 Å². The fourth-order valence-corrected chi connectivity index (χ4v) is 3.71. The second-order valence-corrected chi connectivity index (χ2v) is 6.35. The van der Waals surface area contributed by atoms with Crippen molar-refractivity contribution >= 4 is 38.3 Å². The highest BCUT2D eigenvalue weighted by atomic mass is 32.1. The van der Waals surface area contributed by atoms with Crippen molar-refractivity contribution in [3.05, 3.63) is 45.1 Å². The number of fused-ring (bicyclic) bond motifs is 2. The second-order valence-electron chi connectivity index (χ2n) is 5.47. The van der Waals surface area contributed by atoms with Crippen LogP contribution in [0.1, 0.15) is 11.1 Å². The quantitative estimate of drug-likeness (QED) is 0.504. The highest BCUT2D eigenvalue weighted by Gasteiger charge is 2.17. The van der Waals surface area contributed by atoms with Crippen LogP contribution >= 0.6 is 11.3 Å². The molecule has 0 aliphatic rings. The first kappa shape index (κ1) is 13.1. The van der Waals surface area contributed by atoms with Gasteiger partial charge in [-0.1, -0.05) is 6.07 Å². The summed E-state index contributed by atoms with van der Waals surface area (Å²) in [6.45, 7) is 4.00. The molecule has 22 heavy (non-hydrogen) atoms. The Labute approximate surface area is 129 Å². The van der Waals surface area contributed by atoms with E-state index in [2.05, 4.69) is 15.0 Å². The summed E-state index contributed by atoms with van der Waals surface area (Å²) in [6, 6.07) is 5.93. The summed E-state index contributed by atoms with van der Waals surface area (Å²) < 4.78 is 0. The van der Waals surface area contributed by atoms with Crippen LogP contribution in [0, 0.1) is 13.8 Å². The normalized spacial score (nSPS) is 11.5. The number of aromatic nitrogens is 3. The molecule has 0 aliphatic carbocycles. The van der Waals surface area contributed by atoms with Crippen LogP contribution in [0.15, 0.2) is 28.4 Å². The van der Waals surface area contributed by atoms with Gasteiger partial charge in [-0.15, -0.1) is 11.3 Å². The number of aryl methyl sites for hydroxylation is 2. The molecule has 110 valence electrons. The van der Waals surface area contributed by atoms with E-state index in [-0.39, 0.29) is 5.56 Å². The molecule has 0 saturated carbocycles. The van der Waals surface area contributed by atoms with Gasteiger partial charge in [0, 0.05) is 5.39 Å². The van der Waals surface area contributed by atoms with Crippen molar-refractivity contribution in [1.82, 2.24) is 15.0 Å². The van der Waals surface area contributed by atoms with E-state index in [1.807, 2.05) is 37.4 Å². The van der Waals surface area contributed by atoms with Gasteiger partial charge >= 0.3 is 0 Å². The summed E-state index contributed by atoms with van der Waals surface area (Å²) >= 11 is 1.49. The van der Waals surface area contributed by atoms with Gasteiger partial charge < -0.3 is 15.7 Å². The number of pyridine rings is 1. The predicted molar refractivity (Wildman–Crippen MR) is 91.4 cm³/mol. The highest BCUT2D eigenvalue weighted by Crippen LogP contribution is 2.33. The Hall–Kier alpha value is -2.60.